The number of methoxy groups -OCH3 is 1. The van der Waals surface area contributed by atoms with Gasteiger partial charge < -0.3 is 72.6 Å². The molecule has 0 aromatic rings. The number of nitrogens with one attached hydrogen (secondary N) is 2. The Kier molecular flexibility index (Phi) is 18.1. The Labute approximate surface area is 354 Å². The maximum absolute atomic E-state index is 14.1. The molecule has 0 saturated carbocycles. The monoisotopic (exact) mass is 892 g/mol. The van der Waals surface area contributed by atoms with Gasteiger partial charge in [0.05, 0.1) is 45.2 Å². The summed E-state index contributed by atoms with van der Waals surface area (Å²) in [7, 11) is 0.967. The summed E-state index contributed by atoms with van der Waals surface area (Å²) in [5.74, 6) is -15.2. The number of hydrogen-bond acceptors (Lipinski definition) is 23. The van der Waals surface area contributed by atoms with Crippen molar-refractivity contribution in [1.82, 2.24) is 10.6 Å². The van der Waals surface area contributed by atoms with Gasteiger partial charge in [-0.15, -0.1) is 0 Å². The van der Waals surface area contributed by atoms with E-state index in [1.54, 1.807) is 0 Å². The van der Waals surface area contributed by atoms with Crippen molar-refractivity contribution in [2.75, 3.05) is 33.5 Å². The van der Waals surface area contributed by atoms with Gasteiger partial charge in [0.15, 0.2) is 18.3 Å². The van der Waals surface area contributed by atoms with Gasteiger partial charge in [-0.1, -0.05) is 0 Å². The molecule has 2 amide bonds. The summed E-state index contributed by atoms with van der Waals surface area (Å²) in [6.07, 6.45) is -15.7. The predicted molar refractivity (Wildman–Crippen MR) is 195 cm³/mol. The van der Waals surface area contributed by atoms with Crippen LogP contribution in [-0.4, -0.2) is 171 Å². The zero-order valence-corrected chi connectivity index (χ0v) is 35.4. The third kappa shape index (κ3) is 13.3. The highest BCUT2D eigenvalue weighted by molar-refractivity contribution is 5.80. The second-order valence-electron chi connectivity index (χ2n) is 14.2. The first-order valence-electron chi connectivity index (χ1n) is 19.1. The molecule has 12 atom stereocenters. The van der Waals surface area contributed by atoms with Gasteiger partial charge in [-0.3, -0.25) is 38.4 Å². The number of cyclic esters (lactones) is 1. The number of carbonyl (C=O) groups is 10. The molecule has 62 heavy (non-hydrogen) atoms. The summed E-state index contributed by atoms with van der Waals surface area (Å²) in [6, 6.07) is -3.06. The highest BCUT2D eigenvalue weighted by Crippen LogP contribution is 2.42. The van der Waals surface area contributed by atoms with Crippen LogP contribution < -0.4 is 10.6 Å². The molecule has 1 spiro atoms. The van der Waals surface area contributed by atoms with E-state index in [2.05, 4.69) is 10.6 Å². The second kappa shape index (κ2) is 22.0. The minimum Gasteiger partial charge on any atom is -0.465 e. The van der Waals surface area contributed by atoms with Gasteiger partial charge >= 0.3 is 47.8 Å². The molecule has 3 fully saturated rings. The second-order valence-corrected chi connectivity index (χ2v) is 14.2. The maximum Gasteiger partial charge on any atom is 0.367 e. The molecule has 3 N–H and O–H groups in total. The van der Waals surface area contributed by atoms with Crippen molar-refractivity contribution >= 4 is 59.6 Å². The van der Waals surface area contributed by atoms with Crippen LogP contribution in [0.15, 0.2) is 0 Å². The van der Waals surface area contributed by atoms with E-state index in [-0.39, 0.29) is 0 Å². The fraction of sp³-hybridized carbons (Fsp3) is 0.730. The van der Waals surface area contributed by atoms with Crippen molar-refractivity contribution in [2.45, 2.75) is 141 Å². The number of amides is 2. The Morgan fingerprint density at radius 3 is 1.74 bits per heavy atom. The molecular weight excluding hydrogens is 840 g/mol. The average Bonchev–Trinajstić information content (AvgIpc) is 3.15. The number of carbonyl (C=O) groups excluding carboxylic acids is 10. The number of aliphatic hydroxyl groups is 1. The number of hydrogen-bond donors (Lipinski definition) is 3. The third-order valence-corrected chi connectivity index (χ3v) is 9.18. The van der Waals surface area contributed by atoms with Crippen LogP contribution in [0.4, 0.5) is 0 Å². The first-order chi connectivity index (χ1) is 29.0. The minimum atomic E-state index is -2.79. The summed E-state index contributed by atoms with van der Waals surface area (Å²) < 4.78 is 67.8. The van der Waals surface area contributed by atoms with E-state index in [0.29, 0.717) is 0 Å². The summed E-state index contributed by atoms with van der Waals surface area (Å²) in [4.78, 5) is 128. The average molecular weight is 893 g/mol. The zero-order chi connectivity index (χ0) is 46.7. The van der Waals surface area contributed by atoms with E-state index in [4.69, 9.17) is 56.8 Å². The van der Waals surface area contributed by atoms with Crippen LogP contribution in [0.3, 0.4) is 0 Å². The van der Waals surface area contributed by atoms with Crippen molar-refractivity contribution in [3.63, 3.8) is 0 Å². The lowest BCUT2D eigenvalue weighted by Crippen LogP contribution is -2.73. The van der Waals surface area contributed by atoms with Crippen molar-refractivity contribution in [3.05, 3.63) is 0 Å². The lowest BCUT2D eigenvalue weighted by Gasteiger charge is -2.52. The lowest BCUT2D eigenvalue weighted by molar-refractivity contribution is -0.361. The molecule has 3 saturated heterocycles. The SMILES string of the molecule is COC(=O)[C@@]1(OCCO)C[C@H](OC(C)=O)[C@@H](NC(C)=O)[C@H]([C@@H](OC(C)=O)[C@H]2COC(=O)[C@]3(C[C@H](OC(C)=O)[C@@H](NC(C)=O)[C@H]([C@H](OC(C)=O)[C@@H](COC(C)=O)OC(C)=O)O3)O2)O1. The Morgan fingerprint density at radius 1 is 0.710 bits per heavy atom. The van der Waals surface area contributed by atoms with Crippen LogP contribution in [-0.2, 0) is 105 Å². The molecule has 0 bridgehead atoms. The molecule has 25 nitrogen and oxygen atoms in total. The van der Waals surface area contributed by atoms with E-state index in [1.165, 1.54) is 0 Å². The molecule has 3 heterocycles. The first kappa shape index (κ1) is 50.9. The fourth-order valence-electron chi connectivity index (χ4n) is 7.22. The van der Waals surface area contributed by atoms with Gasteiger partial charge in [-0.05, 0) is 0 Å². The summed E-state index contributed by atoms with van der Waals surface area (Å²) in [6.45, 7) is 5.26. The molecule has 25 heteroatoms. The molecule has 0 aromatic heterocycles. The predicted octanol–water partition coefficient (Wildman–Crippen LogP) is -2.69. The molecule has 3 aliphatic heterocycles. The largest absolute Gasteiger partial charge is 0.465 e. The molecule has 3 aliphatic rings. The zero-order valence-electron chi connectivity index (χ0n) is 35.4. The van der Waals surface area contributed by atoms with Crippen LogP contribution >= 0.6 is 0 Å². The first-order valence-corrected chi connectivity index (χ1v) is 19.1. The maximum atomic E-state index is 14.1. The topological polar surface area (TPSA) is 326 Å². The molecule has 3 rings (SSSR count). The van der Waals surface area contributed by atoms with Gasteiger partial charge in [0.2, 0.25) is 11.8 Å². The van der Waals surface area contributed by atoms with Crippen molar-refractivity contribution in [1.29, 1.82) is 0 Å². The van der Waals surface area contributed by atoms with Crippen molar-refractivity contribution in [2.24, 2.45) is 0 Å². The van der Waals surface area contributed by atoms with Gasteiger partial charge in [0, 0.05) is 55.4 Å². The van der Waals surface area contributed by atoms with Crippen LogP contribution in [0, 0.1) is 0 Å². The quantitative estimate of drug-likeness (QED) is 0.0989. The van der Waals surface area contributed by atoms with Crippen LogP contribution in [0.5, 0.6) is 0 Å². The Bertz CT molecular complexity index is 1720. The summed E-state index contributed by atoms with van der Waals surface area (Å²) in [5, 5.41) is 14.7. The minimum absolute atomic E-state index is 0.560. The van der Waals surface area contributed by atoms with E-state index in [9.17, 15) is 53.1 Å². The van der Waals surface area contributed by atoms with Crippen molar-refractivity contribution in [3.8, 4) is 0 Å². The van der Waals surface area contributed by atoms with Crippen LogP contribution in [0.2, 0.25) is 0 Å². The van der Waals surface area contributed by atoms with Gasteiger partial charge in [-0.2, -0.15) is 0 Å². The van der Waals surface area contributed by atoms with Crippen molar-refractivity contribution < 1.29 is 110 Å². The third-order valence-electron chi connectivity index (χ3n) is 9.18. The Balaban J connectivity index is 2.33. The van der Waals surface area contributed by atoms with Crippen LogP contribution in [0.25, 0.3) is 0 Å². The normalized spacial score (nSPS) is 29.5. The van der Waals surface area contributed by atoms with Gasteiger partial charge in [0.25, 0.3) is 11.6 Å². The van der Waals surface area contributed by atoms with E-state index in [0.717, 1.165) is 62.5 Å². The van der Waals surface area contributed by atoms with E-state index >= 15 is 0 Å². The van der Waals surface area contributed by atoms with E-state index in [1.807, 2.05) is 0 Å². The Hall–Kier alpha value is -5.50. The Morgan fingerprint density at radius 2 is 1.26 bits per heavy atom. The summed E-state index contributed by atoms with van der Waals surface area (Å²) >= 11 is 0. The number of ether oxygens (including phenoxy) is 12. The molecule has 348 valence electrons. The molecule has 0 aliphatic carbocycles. The molecular formula is C37H52N2O23. The highest BCUT2D eigenvalue weighted by Gasteiger charge is 2.65. The number of esters is 8. The van der Waals surface area contributed by atoms with Gasteiger partial charge in [-0.25, -0.2) is 9.59 Å². The number of rotatable bonds is 17. The number of aliphatic hydroxyl groups excluding tert-OH is 1. The summed E-state index contributed by atoms with van der Waals surface area (Å²) in [5.41, 5.74) is 0. The molecule has 0 unspecified atom stereocenters. The lowest BCUT2D eigenvalue weighted by atomic mass is 9.86. The molecule has 0 radical (unpaired) electrons. The standard InChI is InChI=1S/C37H52N2O23/c1-16(41)38-28-24(55-19(4)44)12-36(34(49)51-9,54-11-10-40)61-33(28)31(59-23(8)48)27-15-53-35(50)37(60-27)13-25(56-20(5)45)29(39-17(2)42)32(62-37)30(58-22(7)47)26(57-21(6)46)14-52-18(3)43/h24-33,40H,10-15H2,1-9H3,(H,38,41)(H,39,42)/t24-,25-,26+,27+,28+,29+,30+,31-,32+,33+,36+,37+/m0/s1. The van der Waals surface area contributed by atoms with E-state index < -0.39 is 171 Å². The smallest absolute Gasteiger partial charge is 0.367 e. The van der Waals surface area contributed by atoms with Gasteiger partial charge in [0.1, 0.15) is 43.7 Å². The fourth-order valence-corrected chi connectivity index (χ4v) is 7.22. The van der Waals surface area contributed by atoms with Crippen LogP contribution in [0.1, 0.15) is 68.2 Å². The highest BCUT2D eigenvalue weighted by atomic mass is 16.8. The molecule has 0 aromatic carbocycles.